The molecule has 26 heavy (non-hydrogen) atoms. The lowest BCUT2D eigenvalue weighted by Crippen LogP contribution is -2.37. The van der Waals surface area contributed by atoms with Crippen LogP contribution in [0.25, 0.3) is 0 Å². The van der Waals surface area contributed by atoms with E-state index in [0.717, 1.165) is 15.4 Å². The molecule has 0 aliphatic carbocycles. The third kappa shape index (κ3) is 4.62. The van der Waals surface area contributed by atoms with Crippen molar-refractivity contribution in [3.8, 4) is 5.75 Å². The van der Waals surface area contributed by atoms with Gasteiger partial charge in [0.15, 0.2) is 0 Å². The van der Waals surface area contributed by atoms with Gasteiger partial charge in [0.1, 0.15) is 5.75 Å². The summed E-state index contributed by atoms with van der Waals surface area (Å²) in [4.78, 5) is 12.5. The van der Waals surface area contributed by atoms with Gasteiger partial charge in [0.25, 0.3) is 0 Å². The van der Waals surface area contributed by atoms with Crippen molar-refractivity contribution >= 4 is 21.6 Å². The van der Waals surface area contributed by atoms with E-state index in [1.807, 2.05) is 13.8 Å². The van der Waals surface area contributed by atoms with Gasteiger partial charge in [-0.1, -0.05) is 13.0 Å². The maximum atomic E-state index is 12.8. The maximum Gasteiger partial charge on any atom is 0.243 e. The number of carbonyl (C=O) groups excluding carboxylic acids is 1. The first-order chi connectivity index (χ1) is 12.3. The number of rotatable bonds is 7. The molecule has 0 aliphatic heterocycles. The zero-order valence-electron chi connectivity index (χ0n) is 15.4. The van der Waals surface area contributed by atoms with Gasteiger partial charge in [0.05, 0.1) is 18.6 Å². The number of aryl methyl sites for hydroxylation is 2. The first-order valence-corrected chi connectivity index (χ1v) is 9.73. The molecule has 0 saturated carbocycles. The van der Waals surface area contributed by atoms with Crippen molar-refractivity contribution in [3.05, 3.63) is 53.6 Å². The van der Waals surface area contributed by atoms with Crippen LogP contribution >= 0.6 is 0 Å². The molecule has 0 fully saturated rings. The van der Waals surface area contributed by atoms with Gasteiger partial charge in [-0.2, -0.15) is 4.31 Å². The van der Waals surface area contributed by atoms with E-state index < -0.39 is 15.9 Å². The molecule has 2 rings (SSSR count). The number of methoxy groups -OCH3 is 1. The summed E-state index contributed by atoms with van der Waals surface area (Å²) in [6, 6.07) is 11.8. The Kier molecular flexibility index (Phi) is 6.39. The van der Waals surface area contributed by atoms with Crippen LogP contribution in [-0.4, -0.2) is 38.8 Å². The molecule has 0 atom stereocenters. The largest absolute Gasteiger partial charge is 0.497 e. The molecule has 0 unspecified atom stereocenters. The van der Waals surface area contributed by atoms with E-state index in [1.165, 1.54) is 0 Å². The van der Waals surface area contributed by atoms with Crippen LogP contribution in [0.3, 0.4) is 0 Å². The number of anilines is 1. The SMILES string of the molecule is CCN(CC(=O)Nc1ccc(OC)cc1)S(=O)(=O)c1ccc(C)c(C)c1. The van der Waals surface area contributed by atoms with Crippen LogP contribution < -0.4 is 10.1 Å². The van der Waals surface area contributed by atoms with Crippen LogP contribution in [0.2, 0.25) is 0 Å². The van der Waals surface area contributed by atoms with Gasteiger partial charge in [-0.25, -0.2) is 8.42 Å². The number of hydrogen-bond acceptors (Lipinski definition) is 4. The first-order valence-electron chi connectivity index (χ1n) is 8.29. The summed E-state index contributed by atoms with van der Waals surface area (Å²) in [6.07, 6.45) is 0. The Morgan fingerprint density at radius 1 is 1.08 bits per heavy atom. The molecule has 0 heterocycles. The zero-order valence-corrected chi connectivity index (χ0v) is 16.3. The molecule has 7 heteroatoms. The van der Waals surface area contributed by atoms with Crippen molar-refractivity contribution in [2.24, 2.45) is 0 Å². The van der Waals surface area contributed by atoms with Crippen LogP contribution in [0.15, 0.2) is 47.4 Å². The van der Waals surface area contributed by atoms with E-state index in [9.17, 15) is 13.2 Å². The number of benzene rings is 2. The fourth-order valence-corrected chi connectivity index (χ4v) is 3.92. The first kappa shape index (κ1) is 19.9. The van der Waals surface area contributed by atoms with Crippen molar-refractivity contribution in [3.63, 3.8) is 0 Å². The van der Waals surface area contributed by atoms with Crippen molar-refractivity contribution in [1.29, 1.82) is 0 Å². The van der Waals surface area contributed by atoms with Crippen molar-refractivity contribution in [2.45, 2.75) is 25.7 Å². The average Bonchev–Trinajstić information content (AvgIpc) is 2.62. The molecule has 0 spiro atoms. The molecule has 1 N–H and O–H groups in total. The Morgan fingerprint density at radius 3 is 2.27 bits per heavy atom. The number of sulfonamides is 1. The summed E-state index contributed by atoms with van der Waals surface area (Å²) >= 11 is 0. The van der Waals surface area contributed by atoms with Gasteiger partial charge in [0.2, 0.25) is 15.9 Å². The van der Waals surface area contributed by atoms with Crippen LogP contribution in [0.4, 0.5) is 5.69 Å². The smallest absolute Gasteiger partial charge is 0.243 e. The lowest BCUT2D eigenvalue weighted by molar-refractivity contribution is -0.116. The van der Waals surface area contributed by atoms with E-state index in [1.54, 1.807) is 56.5 Å². The van der Waals surface area contributed by atoms with Gasteiger partial charge in [-0.3, -0.25) is 4.79 Å². The van der Waals surface area contributed by atoms with Crippen LogP contribution in [-0.2, 0) is 14.8 Å². The van der Waals surface area contributed by atoms with Gasteiger partial charge in [-0.15, -0.1) is 0 Å². The maximum absolute atomic E-state index is 12.8. The van der Waals surface area contributed by atoms with Crippen molar-refractivity contribution in [1.82, 2.24) is 4.31 Å². The Morgan fingerprint density at radius 2 is 1.73 bits per heavy atom. The fraction of sp³-hybridized carbons (Fsp3) is 0.316. The number of amides is 1. The predicted octanol–water partition coefficient (Wildman–Crippen LogP) is 2.96. The summed E-state index contributed by atoms with van der Waals surface area (Å²) in [6.45, 7) is 5.44. The molecule has 6 nitrogen and oxygen atoms in total. The van der Waals surface area contributed by atoms with Crippen LogP contribution in [0.1, 0.15) is 18.1 Å². The highest BCUT2D eigenvalue weighted by Crippen LogP contribution is 2.19. The fourth-order valence-electron chi connectivity index (χ4n) is 2.43. The molecule has 0 aliphatic rings. The number of nitrogens with one attached hydrogen (secondary N) is 1. The molecule has 1 amide bonds. The number of carbonyl (C=O) groups is 1. The van der Waals surface area contributed by atoms with Gasteiger partial charge in [-0.05, 0) is 61.4 Å². The minimum atomic E-state index is -3.74. The predicted molar refractivity (Wildman–Crippen MR) is 102 cm³/mol. The van der Waals surface area contributed by atoms with Crippen LogP contribution in [0.5, 0.6) is 5.75 Å². The third-order valence-corrected chi connectivity index (χ3v) is 6.08. The summed E-state index contributed by atoms with van der Waals surface area (Å²) in [7, 11) is -2.18. The highest BCUT2D eigenvalue weighted by molar-refractivity contribution is 7.89. The Bertz CT molecular complexity index is 877. The highest BCUT2D eigenvalue weighted by atomic mass is 32.2. The second kappa shape index (κ2) is 8.33. The number of nitrogens with zero attached hydrogens (tertiary/aromatic N) is 1. The minimum absolute atomic E-state index is 0.194. The molecular formula is C19H24N2O4S. The molecule has 0 saturated heterocycles. The topological polar surface area (TPSA) is 75.7 Å². The van der Waals surface area contributed by atoms with E-state index in [4.69, 9.17) is 4.74 Å². The molecular weight excluding hydrogens is 352 g/mol. The lowest BCUT2D eigenvalue weighted by Gasteiger charge is -2.20. The molecule has 0 radical (unpaired) electrons. The Hall–Kier alpha value is -2.38. The highest BCUT2D eigenvalue weighted by Gasteiger charge is 2.25. The number of likely N-dealkylation sites (N-methyl/N-ethyl adjacent to an activating group) is 1. The summed E-state index contributed by atoms with van der Waals surface area (Å²) < 4.78 is 31.9. The summed E-state index contributed by atoms with van der Waals surface area (Å²) in [5.41, 5.74) is 2.49. The zero-order chi connectivity index (χ0) is 19.3. The summed E-state index contributed by atoms with van der Waals surface area (Å²) in [5.74, 6) is 0.278. The van der Waals surface area contributed by atoms with Crippen molar-refractivity contribution < 1.29 is 17.9 Å². The quantitative estimate of drug-likeness (QED) is 0.806. The van der Waals surface area contributed by atoms with Gasteiger partial charge >= 0.3 is 0 Å². The normalized spacial score (nSPS) is 11.4. The minimum Gasteiger partial charge on any atom is -0.497 e. The Labute approximate surface area is 154 Å². The molecule has 0 bridgehead atoms. The van der Waals surface area contributed by atoms with E-state index in [0.29, 0.717) is 11.4 Å². The standard InChI is InChI=1S/C19H24N2O4S/c1-5-21(26(23,24)18-11-6-14(2)15(3)12-18)13-19(22)20-16-7-9-17(25-4)10-8-16/h6-12H,5,13H2,1-4H3,(H,20,22). The molecule has 140 valence electrons. The van der Waals surface area contributed by atoms with Gasteiger partial charge in [0, 0.05) is 12.2 Å². The molecule has 0 aromatic heterocycles. The number of hydrogen-bond donors (Lipinski definition) is 1. The van der Waals surface area contributed by atoms with E-state index in [-0.39, 0.29) is 18.0 Å². The third-order valence-electron chi connectivity index (χ3n) is 4.16. The van der Waals surface area contributed by atoms with E-state index >= 15 is 0 Å². The van der Waals surface area contributed by atoms with E-state index in [2.05, 4.69) is 5.32 Å². The average molecular weight is 376 g/mol. The molecule has 2 aromatic rings. The summed E-state index contributed by atoms with van der Waals surface area (Å²) in [5, 5.41) is 2.70. The van der Waals surface area contributed by atoms with Crippen LogP contribution in [0, 0.1) is 13.8 Å². The van der Waals surface area contributed by atoms with Gasteiger partial charge < -0.3 is 10.1 Å². The molecule has 2 aromatic carbocycles. The Balaban J connectivity index is 2.13. The second-order valence-corrected chi connectivity index (χ2v) is 7.89. The van der Waals surface area contributed by atoms with Crippen molar-refractivity contribution in [2.75, 3.05) is 25.5 Å². The lowest BCUT2D eigenvalue weighted by atomic mass is 10.1. The number of ether oxygens (including phenoxy) is 1. The second-order valence-electron chi connectivity index (χ2n) is 5.95. The monoisotopic (exact) mass is 376 g/mol.